The molecule has 0 amide bonds. The lowest BCUT2D eigenvalue weighted by Gasteiger charge is -2.18. The molecule has 0 saturated carbocycles. The average Bonchev–Trinajstić information content (AvgIpc) is 2.88. The summed E-state index contributed by atoms with van der Waals surface area (Å²) >= 11 is 0. The maximum absolute atomic E-state index is 13.7. The Kier molecular flexibility index (Phi) is 7.90. The highest BCUT2D eigenvalue weighted by molar-refractivity contribution is 5.87. The van der Waals surface area contributed by atoms with Crippen LogP contribution in [0.3, 0.4) is 0 Å². The monoisotopic (exact) mass is 513 g/mol. The van der Waals surface area contributed by atoms with Gasteiger partial charge in [0.15, 0.2) is 17.3 Å². The van der Waals surface area contributed by atoms with Crippen LogP contribution in [0.2, 0.25) is 0 Å². The molecule has 8 heteroatoms. The number of carbonyl (C=O) groups excluding carboxylic acids is 1. The topological polar surface area (TPSA) is 92.0 Å². The minimum atomic E-state index is -0.499. The van der Waals surface area contributed by atoms with Crippen LogP contribution in [0.4, 0.5) is 0 Å². The molecule has 38 heavy (non-hydrogen) atoms. The summed E-state index contributed by atoms with van der Waals surface area (Å²) < 4.78 is 17.9. The second-order valence-electron chi connectivity index (χ2n) is 9.08. The van der Waals surface area contributed by atoms with E-state index in [-0.39, 0.29) is 17.2 Å². The first kappa shape index (κ1) is 26.6. The number of esters is 1. The normalized spacial score (nSPS) is 11.3. The predicted molar refractivity (Wildman–Crippen MR) is 149 cm³/mol. The summed E-state index contributed by atoms with van der Waals surface area (Å²) in [5.41, 5.74) is 3.39. The molecule has 0 atom stereocenters. The van der Waals surface area contributed by atoms with Crippen LogP contribution in [0.25, 0.3) is 22.3 Å². The van der Waals surface area contributed by atoms with Crippen LogP contribution in [0.1, 0.15) is 50.3 Å². The molecule has 196 valence electrons. The zero-order chi connectivity index (χ0) is 27.4. The highest BCUT2D eigenvalue weighted by atomic mass is 16.6. The molecule has 0 saturated heterocycles. The van der Waals surface area contributed by atoms with Gasteiger partial charge < -0.3 is 14.2 Å². The number of ether oxygens (including phenoxy) is 3. The van der Waals surface area contributed by atoms with Crippen molar-refractivity contribution in [3.8, 4) is 28.6 Å². The van der Waals surface area contributed by atoms with Crippen molar-refractivity contribution in [3.63, 3.8) is 0 Å². The zero-order valence-corrected chi connectivity index (χ0v) is 22.4. The van der Waals surface area contributed by atoms with Gasteiger partial charge in [0, 0.05) is 18.1 Å². The second-order valence-corrected chi connectivity index (χ2v) is 9.08. The molecule has 0 aliphatic carbocycles. The van der Waals surface area contributed by atoms with Gasteiger partial charge in [0.2, 0.25) is 0 Å². The van der Waals surface area contributed by atoms with Crippen molar-refractivity contribution < 1.29 is 19.0 Å². The number of fused-ring (bicyclic) bond motifs is 1. The highest BCUT2D eigenvalue weighted by Gasteiger charge is 2.19. The van der Waals surface area contributed by atoms with Crippen LogP contribution in [0, 0.1) is 6.92 Å². The maximum Gasteiger partial charge on any atom is 0.308 e. The molecule has 4 aromatic rings. The Bertz CT molecular complexity index is 1590. The molecule has 0 aliphatic rings. The first-order chi connectivity index (χ1) is 18.2. The van der Waals surface area contributed by atoms with Gasteiger partial charge in [-0.15, -0.1) is 0 Å². The van der Waals surface area contributed by atoms with E-state index < -0.39 is 5.97 Å². The molecule has 1 aromatic heterocycles. The number of benzene rings is 3. The van der Waals surface area contributed by atoms with Crippen molar-refractivity contribution in [2.45, 2.75) is 40.5 Å². The molecular weight excluding hydrogens is 482 g/mol. The largest absolute Gasteiger partial charge is 0.494 e. The molecule has 8 nitrogen and oxygen atoms in total. The summed E-state index contributed by atoms with van der Waals surface area (Å²) in [7, 11) is 1.49. The van der Waals surface area contributed by atoms with Gasteiger partial charge >= 0.3 is 5.97 Å². The van der Waals surface area contributed by atoms with E-state index in [0.29, 0.717) is 34.6 Å². The van der Waals surface area contributed by atoms with Gasteiger partial charge in [0.1, 0.15) is 5.75 Å². The smallest absolute Gasteiger partial charge is 0.308 e. The van der Waals surface area contributed by atoms with E-state index in [4.69, 9.17) is 19.2 Å². The van der Waals surface area contributed by atoms with Crippen LogP contribution in [-0.4, -0.2) is 35.6 Å². The number of para-hydroxylation sites is 2. The van der Waals surface area contributed by atoms with Crippen LogP contribution >= 0.6 is 0 Å². The fourth-order valence-corrected chi connectivity index (χ4v) is 4.24. The van der Waals surface area contributed by atoms with E-state index in [9.17, 15) is 9.59 Å². The van der Waals surface area contributed by atoms with Crippen molar-refractivity contribution in [1.29, 1.82) is 0 Å². The zero-order valence-electron chi connectivity index (χ0n) is 22.4. The molecule has 4 rings (SSSR count). The van der Waals surface area contributed by atoms with Crippen molar-refractivity contribution in [1.82, 2.24) is 9.66 Å². The molecule has 0 radical (unpaired) electrons. The predicted octanol–water partition coefficient (Wildman–Crippen LogP) is 5.71. The molecule has 0 spiro atoms. The standard InChI is InChI=1S/C30H31N3O5/c1-7-37-27-15-19(4)24(16-23(27)18(2)3)29-32-25-13-9-8-12-22(25)30(35)33(29)31-17-21-11-10-14-26(36-6)28(21)38-20(5)34/h8-18H,7H2,1-6H3. The summed E-state index contributed by atoms with van der Waals surface area (Å²) in [5.74, 6) is 1.48. The first-order valence-electron chi connectivity index (χ1n) is 12.4. The van der Waals surface area contributed by atoms with Crippen molar-refractivity contribution >= 4 is 23.1 Å². The number of hydrogen-bond acceptors (Lipinski definition) is 7. The third kappa shape index (κ3) is 5.29. The fourth-order valence-electron chi connectivity index (χ4n) is 4.24. The Morgan fingerprint density at radius 3 is 2.55 bits per heavy atom. The van der Waals surface area contributed by atoms with Gasteiger partial charge in [-0.1, -0.05) is 32.0 Å². The lowest BCUT2D eigenvalue weighted by Crippen LogP contribution is -2.21. The number of aromatic nitrogens is 2. The van der Waals surface area contributed by atoms with E-state index >= 15 is 0 Å². The maximum atomic E-state index is 13.7. The molecule has 0 fully saturated rings. The van der Waals surface area contributed by atoms with Crippen molar-refractivity contribution in [2.24, 2.45) is 5.10 Å². The van der Waals surface area contributed by atoms with Crippen LogP contribution < -0.4 is 19.8 Å². The summed E-state index contributed by atoms with van der Waals surface area (Å²) in [4.78, 5) is 30.3. The Balaban J connectivity index is 1.98. The van der Waals surface area contributed by atoms with Gasteiger partial charge in [-0.2, -0.15) is 9.78 Å². The SMILES string of the molecule is CCOc1cc(C)c(-c2nc3ccccc3c(=O)n2N=Cc2cccc(OC)c2OC(C)=O)cc1C(C)C. The lowest BCUT2D eigenvalue weighted by atomic mass is 9.96. The third-order valence-electron chi connectivity index (χ3n) is 6.06. The number of rotatable bonds is 8. The summed E-state index contributed by atoms with van der Waals surface area (Å²) in [6.07, 6.45) is 1.47. The van der Waals surface area contributed by atoms with Crippen LogP contribution in [0.5, 0.6) is 17.2 Å². The summed E-state index contributed by atoms with van der Waals surface area (Å²) in [6, 6.07) is 16.3. The van der Waals surface area contributed by atoms with E-state index in [0.717, 1.165) is 22.4 Å². The molecular formula is C30H31N3O5. The van der Waals surface area contributed by atoms with Gasteiger partial charge in [-0.25, -0.2) is 4.98 Å². The Morgan fingerprint density at radius 2 is 1.87 bits per heavy atom. The molecule has 0 aliphatic heterocycles. The van der Waals surface area contributed by atoms with E-state index in [1.165, 1.54) is 24.9 Å². The van der Waals surface area contributed by atoms with E-state index in [1.54, 1.807) is 30.3 Å². The molecule has 0 N–H and O–H groups in total. The Hall–Kier alpha value is -4.46. The number of nitrogens with zero attached hydrogens (tertiary/aromatic N) is 3. The average molecular weight is 514 g/mol. The van der Waals surface area contributed by atoms with Gasteiger partial charge in [-0.3, -0.25) is 9.59 Å². The third-order valence-corrected chi connectivity index (χ3v) is 6.06. The van der Waals surface area contributed by atoms with Crippen LogP contribution in [0.15, 0.2) is 64.5 Å². The number of carbonyl (C=O) groups is 1. The van der Waals surface area contributed by atoms with Crippen molar-refractivity contribution in [2.75, 3.05) is 13.7 Å². The lowest BCUT2D eigenvalue weighted by molar-refractivity contribution is -0.132. The first-order valence-corrected chi connectivity index (χ1v) is 12.4. The summed E-state index contributed by atoms with van der Waals surface area (Å²) in [5, 5.41) is 5.00. The number of methoxy groups -OCH3 is 1. The molecule has 0 bridgehead atoms. The van der Waals surface area contributed by atoms with Crippen molar-refractivity contribution in [3.05, 3.63) is 81.6 Å². The fraction of sp³-hybridized carbons (Fsp3) is 0.267. The highest BCUT2D eigenvalue weighted by Crippen LogP contribution is 2.34. The van der Waals surface area contributed by atoms with E-state index in [1.807, 2.05) is 38.1 Å². The van der Waals surface area contributed by atoms with Crippen LogP contribution in [-0.2, 0) is 4.79 Å². The molecule has 1 heterocycles. The number of hydrogen-bond donors (Lipinski definition) is 0. The molecule has 3 aromatic carbocycles. The quantitative estimate of drug-likeness (QED) is 0.170. The van der Waals surface area contributed by atoms with E-state index in [2.05, 4.69) is 18.9 Å². The number of aryl methyl sites for hydroxylation is 1. The Morgan fingerprint density at radius 1 is 1.11 bits per heavy atom. The van der Waals surface area contributed by atoms with Gasteiger partial charge in [0.05, 0.1) is 30.8 Å². The Labute approximate surface area is 221 Å². The summed E-state index contributed by atoms with van der Waals surface area (Å²) in [6.45, 7) is 9.95. The minimum absolute atomic E-state index is 0.183. The minimum Gasteiger partial charge on any atom is -0.494 e. The van der Waals surface area contributed by atoms with Gasteiger partial charge in [-0.05, 0) is 67.3 Å². The molecule has 0 unspecified atom stereocenters. The van der Waals surface area contributed by atoms with Gasteiger partial charge in [0.25, 0.3) is 5.56 Å². The second kappa shape index (κ2) is 11.3.